The number of aromatic nitrogens is 1. The maximum atomic E-state index is 12.9. The average molecular weight is 343 g/mol. The summed E-state index contributed by atoms with van der Waals surface area (Å²) in [5.74, 6) is 0.733. The van der Waals surface area contributed by atoms with Gasteiger partial charge < -0.3 is 14.4 Å². The second-order valence-electron chi connectivity index (χ2n) is 7.79. The van der Waals surface area contributed by atoms with Gasteiger partial charge in [0.25, 0.3) is 5.91 Å². The molecular formula is C19H25N3O3. The normalized spacial score (nSPS) is 26.5. The van der Waals surface area contributed by atoms with Crippen molar-refractivity contribution in [2.24, 2.45) is 18.9 Å². The first-order valence-electron chi connectivity index (χ1n) is 9.29. The lowest BCUT2D eigenvalue weighted by molar-refractivity contribution is -0.141. The van der Waals surface area contributed by atoms with Crippen LogP contribution in [0.1, 0.15) is 42.5 Å². The molecule has 134 valence electrons. The molecule has 1 aromatic heterocycles. The number of carbonyl (C=O) groups excluding carboxylic acids is 2. The Morgan fingerprint density at radius 3 is 2.60 bits per heavy atom. The Bertz CT molecular complexity index is 753. The van der Waals surface area contributed by atoms with Gasteiger partial charge in [-0.15, -0.1) is 0 Å². The van der Waals surface area contributed by atoms with Gasteiger partial charge in [-0.2, -0.15) is 0 Å². The van der Waals surface area contributed by atoms with Gasteiger partial charge in [-0.1, -0.05) is 6.42 Å². The summed E-state index contributed by atoms with van der Waals surface area (Å²) in [4.78, 5) is 41.2. The predicted molar refractivity (Wildman–Crippen MR) is 93.2 cm³/mol. The van der Waals surface area contributed by atoms with E-state index < -0.39 is 0 Å². The van der Waals surface area contributed by atoms with Crippen molar-refractivity contribution in [3.63, 3.8) is 0 Å². The van der Waals surface area contributed by atoms with E-state index in [4.69, 9.17) is 0 Å². The van der Waals surface area contributed by atoms with Crippen molar-refractivity contribution in [2.45, 2.75) is 38.1 Å². The number of pyridine rings is 1. The zero-order chi connectivity index (χ0) is 17.6. The second kappa shape index (κ2) is 6.32. The van der Waals surface area contributed by atoms with Crippen LogP contribution in [0, 0.1) is 11.8 Å². The Labute approximate surface area is 147 Å². The van der Waals surface area contributed by atoms with Gasteiger partial charge in [-0.3, -0.25) is 14.4 Å². The molecule has 4 aliphatic rings. The fraction of sp³-hybridized carbons (Fsp3) is 0.632. The zero-order valence-corrected chi connectivity index (χ0v) is 14.7. The summed E-state index contributed by atoms with van der Waals surface area (Å²) in [6.45, 7) is 1.97. The summed E-state index contributed by atoms with van der Waals surface area (Å²) >= 11 is 0. The summed E-state index contributed by atoms with van der Waals surface area (Å²) in [5, 5.41) is 0. The van der Waals surface area contributed by atoms with Crippen LogP contribution in [0.5, 0.6) is 0 Å². The van der Waals surface area contributed by atoms with Gasteiger partial charge in [0.1, 0.15) is 0 Å². The molecule has 2 unspecified atom stereocenters. The van der Waals surface area contributed by atoms with Crippen LogP contribution in [0.4, 0.5) is 0 Å². The van der Waals surface area contributed by atoms with Gasteiger partial charge in [-0.05, 0) is 37.7 Å². The first-order valence-corrected chi connectivity index (χ1v) is 9.29. The molecule has 5 rings (SSSR count). The number of piperidine rings is 1. The molecule has 0 spiro atoms. The Hall–Kier alpha value is -2.11. The number of nitrogens with zero attached hydrogens (tertiary/aromatic N) is 3. The van der Waals surface area contributed by atoms with Crippen LogP contribution in [0.2, 0.25) is 0 Å². The average Bonchev–Trinajstić information content (AvgIpc) is 2.84. The minimum atomic E-state index is -0.130. The molecule has 3 saturated heterocycles. The third kappa shape index (κ3) is 2.98. The summed E-state index contributed by atoms with van der Waals surface area (Å²) in [6, 6.07) is 3.15. The Balaban J connectivity index is 1.54. The Kier molecular flexibility index (Phi) is 4.13. The highest BCUT2D eigenvalue weighted by atomic mass is 16.2. The lowest BCUT2D eigenvalue weighted by Gasteiger charge is -2.40. The summed E-state index contributed by atoms with van der Waals surface area (Å²) in [5.41, 5.74) is 0.385. The Morgan fingerprint density at radius 1 is 1.12 bits per heavy atom. The van der Waals surface area contributed by atoms with Gasteiger partial charge in [0.2, 0.25) is 11.5 Å². The molecule has 0 radical (unpaired) electrons. The number of carbonyl (C=O) groups is 2. The van der Waals surface area contributed by atoms with Crippen LogP contribution in [-0.2, 0) is 11.8 Å². The summed E-state index contributed by atoms with van der Waals surface area (Å²) < 4.78 is 1.42. The van der Waals surface area contributed by atoms with Crippen LogP contribution in [0.25, 0.3) is 0 Å². The quantitative estimate of drug-likeness (QED) is 0.830. The van der Waals surface area contributed by atoms with Crippen molar-refractivity contribution < 1.29 is 9.59 Å². The number of hydrogen-bond acceptors (Lipinski definition) is 3. The maximum absolute atomic E-state index is 12.9. The molecule has 1 saturated carbocycles. The molecule has 6 heteroatoms. The van der Waals surface area contributed by atoms with Crippen molar-refractivity contribution in [2.75, 3.05) is 19.6 Å². The monoisotopic (exact) mass is 343 g/mol. The standard InChI is InChI=1S/C19H25N3O3/c1-20-10-14(6-8-17(20)23)18(24)21-11-15-5-7-16(12-21)22(19(15)25)9-13-3-2-4-13/h6,8,10,13,15-16H,2-5,7,9,11-12H2,1H3. The van der Waals surface area contributed by atoms with E-state index in [1.807, 2.05) is 4.90 Å². The van der Waals surface area contributed by atoms with Crippen LogP contribution < -0.4 is 5.56 Å². The van der Waals surface area contributed by atoms with Crippen molar-refractivity contribution in [1.82, 2.24) is 14.4 Å². The molecule has 25 heavy (non-hydrogen) atoms. The predicted octanol–water partition coefficient (Wildman–Crippen LogP) is 1.25. The van der Waals surface area contributed by atoms with E-state index in [0.717, 1.165) is 19.4 Å². The largest absolute Gasteiger partial charge is 0.337 e. The lowest BCUT2D eigenvalue weighted by Crippen LogP contribution is -2.50. The van der Waals surface area contributed by atoms with E-state index in [1.54, 1.807) is 19.3 Å². The molecule has 3 aliphatic heterocycles. The number of rotatable bonds is 3. The second-order valence-corrected chi connectivity index (χ2v) is 7.79. The molecule has 6 nitrogen and oxygen atoms in total. The topological polar surface area (TPSA) is 62.6 Å². The fourth-order valence-electron chi connectivity index (χ4n) is 4.30. The highest BCUT2D eigenvalue weighted by Crippen LogP contribution is 2.34. The van der Waals surface area contributed by atoms with Gasteiger partial charge in [-0.25, -0.2) is 0 Å². The van der Waals surface area contributed by atoms with Gasteiger partial charge in [0.15, 0.2) is 0 Å². The van der Waals surface area contributed by atoms with Gasteiger partial charge >= 0.3 is 0 Å². The highest BCUT2D eigenvalue weighted by Gasteiger charge is 2.43. The van der Waals surface area contributed by atoms with Crippen molar-refractivity contribution in [1.29, 1.82) is 0 Å². The van der Waals surface area contributed by atoms with Crippen LogP contribution in [0.3, 0.4) is 0 Å². The number of hydrogen-bond donors (Lipinski definition) is 0. The molecule has 0 N–H and O–H groups in total. The molecule has 2 amide bonds. The van der Waals surface area contributed by atoms with E-state index >= 15 is 0 Å². The van der Waals surface area contributed by atoms with Crippen LogP contribution in [-0.4, -0.2) is 51.9 Å². The molecule has 1 aliphatic carbocycles. The van der Waals surface area contributed by atoms with E-state index in [2.05, 4.69) is 4.90 Å². The smallest absolute Gasteiger partial charge is 0.255 e. The number of aryl methyl sites for hydroxylation is 1. The van der Waals surface area contributed by atoms with Crippen molar-refractivity contribution in [3.05, 3.63) is 34.2 Å². The van der Waals surface area contributed by atoms with Crippen molar-refractivity contribution in [3.8, 4) is 0 Å². The molecule has 0 aromatic carbocycles. The minimum absolute atomic E-state index is 0.0738. The Morgan fingerprint density at radius 2 is 1.92 bits per heavy atom. The molecular weight excluding hydrogens is 318 g/mol. The molecule has 4 fully saturated rings. The fourth-order valence-corrected chi connectivity index (χ4v) is 4.30. The summed E-state index contributed by atoms with van der Waals surface area (Å²) in [7, 11) is 1.65. The van der Waals surface area contributed by atoms with E-state index in [0.29, 0.717) is 24.6 Å². The van der Waals surface area contributed by atoms with E-state index in [-0.39, 0.29) is 29.3 Å². The van der Waals surface area contributed by atoms with Crippen molar-refractivity contribution >= 4 is 11.8 Å². The maximum Gasteiger partial charge on any atom is 0.255 e. The van der Waals surface area contributed by atoms with Gasteiger partial charge in [0.05, 0.1) is 11.5 Å². The molecule has 1 aromatic rings. The number of amides is 2. The molecule has 2 atom stereocenters. The first-order chi connectivity index (χ1) is 12.0. The SMILES string of the molecule is Cn1cc(C(=O)N2CC3CCC(C2)N(CC2CCC2)C3=O)ccc1=O. The van der Waals surface area contributed by atoms with Crippen LogP contribution in [0.15, 0.2) is 23.1 Å². The lowest BCUT2D eigenvalue weighted by atomic mass is 9.83. The number of fused-ring (bicyclic) bond motifs is 4. The van der Waals surface area contributed by atoms with E-state index in [9.17, 15) is 14.4 Å². The minimum Gasteiger partial charge on any atom is -0.337 e. The summed E-state index contributed by atoms with van der Waals surface area (Å²) in [6.07, 6.45) is 7.18. The first kappa shape index (κ1) is 16.4. The van der Waals surface area contributed by atoms with Crippen LogP contribution >= 0.6 is 0 Å². The van der Waals surface area contributed by atoms with E-state index in [1.165, 1.54) is 29.9 Å². The molecule has 2 bridgehead atoms. The zero-order valence-electron chi connectivity index (χ0n) is 14.7. The third-order valence-corrected chi connectivity index (χ3v) is 6.09. The molecule has 4 heterocycles. The highest BCUT2D eigenvalue weighted by molar-refractivity contribution is 5.94. The van der Waals surface area contributed by atoms with Gasteiger partial charge in [0, 0.05) is 45.0 Å². The third-order valence-electron chi connectivity index (χ3n) is 6.09.